The summed E-state index contributed by atoms with van der Waals surface area (Å²) in [6.45, 7) is 0. The van der Waals surface area contributed by atoms with Crippen LogP contribution in [0.3, 0.4) is 0 Å². The van der Waals surface area contributed by atoms with E-state index in [1.807, 2.05) is 0 Å². The zero-order valence-electron chi connectivity index (χ0n) is 5.02. The highest BCUT2D eigenvalue weighted by Gasteiger charge is 2.35. The van der Waals surface area contributed by atoms with Gasteiger partial charge in [0.05, 0.1) is 5.88 Å². The van der Waals surface area contributed by atoms with Gasteiger partial charge in [-0.25, -0.2) is 4.98 Å². The second-order valence-corrected chi connectivity index (χ2v) is 2.75. The van der Waals surface area contributed by atoms with E-state index in [4.69, 9.17) is 11.6 Å². The van der Waals surface area contributed by atoms with Crippen molar-refractivity contribution >= 4 is 23.1 Å². The van der Waals surface area contributed by atoms with Crippen LogP contribution in [0, 0.1) is 0 Å². The molecule has 1 aromatic rings. The van der Waals surface area contributed by atoms with Crippen LogP contribution in [0.15, 0.2) is 0 Å². The summed E-state index contributed by atoms with van der Waals surface area (Å²) < 4.78 is 38.4. The molecule has 0 amide bonds. The Kier molecular flexibility index (Phi) is 2.34. The highest BCUT2D eigenvalue weighted by Crippen LogP contribution is 2.27. The van der Waals surface area contributed by atoms with Gasteiger partial charge in [0, 0.05) is 0 Å². The molecule has 0 saturated heterocycles. The van der Waals surface area contributed by atoms with Gasteiger partial charge in [0.15, 0.2) is 0 Å². The summed E-state index contributed by atoms with van der Waals surface area (Å²) in [4.78, 5) is 3.15. The van der Waals surface area contributed by atoms with Crippen LogP contribution < -0.4 is 0 Å². The monoisotopic (exact) mass is 202 g/mol. The molecular weight excluding hydrogens is 201 g/mol. The first-order chi connectivity index (χ1) is 5.04. The Bertz CT molecular complexity index is 246. The molecule has 0 atom stereocenters. The van der Waals surface area contributed by atoms with Crippen molar-refractivity contribution in [3.8, 4) is 0 Å². The van der Waals surface area contributed by atoms with E-state index in [1.165, 1.54) is 0 Å². The smallest absolute Gasteiger partial charge is 0.215 e. The Labute approximate surface area is 69.2 Å². The lowest BCUT2D eigenvalue weighted by molar-refractivity contribution is -0.144. The topological polar surface area (TPSA) is 25.8 Å². The first kappa shape index (κ1) is 8.73. The standard InChI is InChI=1S/C4H2ClF3N2S/c5-1-2-9-3(10-11-2)4(6,7)8/h1H2. The van der Waals surface area contributed by atoms with E-state index < -0.39 is 12.0 Å². The second-order valence-electron chi connectivity index (χ2n) is 1.64. The lowest BCUT2D eigenvalue weighted by Gasteiger charge is -1.97. The van der Waals surface area contributed by atoms with Crippen LogP contribution in [0.2, 0.25) is 0 Å². The van der Waals surface area contributed by atoms with Crippen molar-refractivity contribution in [1.82, 2.24) is 9.36 Å². The summed E-state index contributed by atoms with van der Waals surface area (Å²) in [7, 11) is 0. The zero-order chi connectivity index (χ0) is 8.48. The molecule has 0 aliphatic carbocycles. The van der Waals surface area contributed by atoms with E-state index >= 15 is 0 Å². The van der Waals surface area contributed by atoms with Crippen LogP contribution in [0.25, 0.3) is 0 Å². The van der Waals surface area contributed by atoms with E-state index in [1.54, 1.807) is 0 Å². The molecule has 7 heteroatoms. The Balaban J connectivity index is 2.89. The molecule has 1 heterocycles. The molecule has 0 spiro atoms. The number of aromatic nitrogens is 2. The summed E-state index contributed by atoms with van der Waals surface area (Å²) in [5.74, 6) is -1.15. The largest absolute Gasteiger partial charge is 0.452 e. The van der Waals surface area contributed by atoms with Gasteiger partial charge in [0.25, 0.3) is 0 Å². The molecule has 62 valence electrons. The van der Waals surface area contributed by atoms with Gasteiger partial charge in [0.2, 0.25) is 5.82 Å². The fourth-order valence-electron chi connectivity index (χ4n) is 0.424. The van der Waals surface area contributed by atoms with Crippen LogP contribution in [0.4, 0.5) is 13.2 Å². The Morgan fingerprint density at radius 2 is 2.09 bits per heavy atom. The summed E-state index contributed by atoms with van der Waals surface area (Å²) in [6.07, 6.45) is -4.46. The van der Waals surface area contributed by atoms with Crippen LogP contribution in [-0.4, -0.2) is 9.36 Å². The van der Waals surface area contributed by atoms with Gasteiger partial charge in [-0.2, -0.15) is 17.5 Å². The number of halogens is 4. The predicted molar refractivity (Wildman–Crippen MR) is 34.5 cm³/mol. The summed E-state index contributed by atoms with van der Waals surface area (Å²) in [6, 6.07) is 0. The molecule has 0 aromatic carbocycles. The maximum Gasteiger partial charge on any atom is 0.452 e. The van der Waals surface area contributed by atoms with Gasteiger partial charge in [-0.1, -0.05) is 0 Å². The maximum absolute atomic E-state index is 11.8. The molecule has 11 heavy (non-hydrogen) atoms. The van der Waals surface area contributed by atoms with E-state index in [9.17, 15) is 13.2 Å². The Morgan fingerprint density at radius 3 is 2.36 bits per heavy atom. The minimum absolute atomic E-state index is 0.0340. The van der Waals surface area contributed by atoms with Gasteiger partial charge in [-0.05, 0) is 11.5 Å². The first-order valence-corrected chi connectivity index (χ1v) is 3.80. The van der Waals surface area contributed by atoms with Gasteiger partial charge >= 0.3 is 6.18 Å². The minimum Gasteiger partial charge on any atom is -0.215 e. The summed E-state index contributed by atoms with van der Waals surface area (Å²) >= 11 is 5.89. The molecule has 0 unspecified atom stereocenters. The van der Waals surface area contributed by atoms with Crippen molar-refractivity contribution < 1.29 is 13.2 Å². The van der Waals surface area contributed by atoms with Crippen molar-refractivity contribution in [3.05, 3.63) is 10.8 Å². The normalized spacial score (nSPS) is 12.0. The van der Waals surface area contributed by atoms with E-state index in [-0.39, 0.29) is 10.9 Å². The van der Waals surface area contributed by atoms with Crippen molar-refractivity contribution in [1.29, 1.82) is 0 Å². The van der Waals surface area contributed by atoms with E-state index in [2.05, 4.69) is 9.36 Å². The van der Waals surface area contributed by atoms with Crippen molar-refractivity contribution in [3.63, 3.8) is 0 Å². The maximum atomic E-state index is 11.8. The average Bonchev–Trinajstić information content (AvgIpc) is 2.32. The highest BCUT2D eigenvalue weighted by molar-refractivity contribution is 7.05. The highest BCUT2D eigenvalue weighted by atomic mass is 35.5. The third-order valence-corrected chi connectivity index (χ3v) is 1.96. The van der Waals surface area contributed by atoms with Crippen LogP contribution in [0.5, 0.6) is 0 Å². The lowest BCUT2D eigenvalue weighted by Crippen LogP contribution is -2.07. The van der Waals surface area contributed by atoms with Gasteiger partial charge < -0.3 is 0 Å². The molecule has 0 radical (unpaired) electrons. The van der Waals surface area contributed by atoms with Crippen LogP contribution in [0.1, 0.15) is 10.8 Å². The predicted octanol–water partition coefficient (Wildman–Crippen LogP) is 2.30. The molecular formula is C4H2ClF3N2S. The number of hydrogen-bond acceptors (Lipinski definition) is 3. The molecule has 0 bridgehead atoms. The third kappa shape index (κ3) is 2.03. The molecule has 0 N–H and O–H groups in total. The van der Waals surface area contributed by atoms with Gasteiger partial charge in [-0.15, -0.1) is 11.6 Å². The summed E-state index contributed by atoms with van der Waals surface area (Å²) in [5.41, 5.74) is 0. The lowest BCUT2D eigenvalue weighted by atomic mass is 10.6. The second kappa shape index (κ2) is 2.94. The fraction of sp³-hybridized carbons (Fsp3) is 0.500. The van der Waals surface area contributed by atoms with E-state index in [0.717, 1.165) is 0 Å². The van der Waals surface area contributed by atoms with Crippen LogP contribution >= 0.6 is 23.1 Å². The van der Waals surface area contributed by atoms with Crippen molar-refractivity contribution in [2.75, 3.05) is 0 Å². The van der Waals surface area contributed by atoms with E-state index in [0.29, 0.717) is 11.5 Å². The quantitative estimate of drug-likeness (QED) is 0.653. The minimum atomic E-state index is -4.46. The molecule has 0 aliphatic heterocycles. The van der Waals surface area contributed by atoms with Crippen molar-refractivity contribution in [2.24, 2.45) is 0 Å². The number of nitrogens with zero attached hydrogens (tertiary/aromatic N) is 2. The SMILES string of the molecule is FC(F)(F)c1nsc(CCl)n1. The van der Waals surface area contributed by atoms with Crippen molar-refractivity contribution in [2.45, 2.75) is 12.1 Å². The average molecular weight is 203 g/mol. The van der Waals surface area contributed by atoms with Gasteiger partial charge in [0.1, 0.15) is 5.01 Å². The molecule has 0 saturated carbocycles. The number of rotatable bonds is 1. The number of hydrogen-bond donors (Lipinski definition) is 0. The molecule has 0 fully saturated rings. The molecule has 2 nitrogen and oxygen atoms in total. The molecule has 1 rings (SSSR count). The zero-order valence-corrected chi connectivity index (χ0v) is 6.59. The van der Waals surface area contributed by atoms with Crippen LogP contribution in [-0.2, 0) is 12.1 Å². The third-order valence-electron chi connectivity index (χ3n) is 0.836. The van der Waals surface area contributed by atoms with Gasteiger partial charge in [-0.3, -0.25) is 0 Å². The molecule has 1 aromatic heterocycles. The first-order valence-electron chi connectivity index (χ1n) is 2.50. The Morgan fingerprint density at radius 1 is 1.45 bits per heavy atom. The number of alkyl halides is 4. The fourth-order valence-corrected chi connectivity index (χ4v) is 1.14. The molecule has 0 aliphatic rings. The summed E-state index contributed by atoms with van der Waals surface area (Å²) in [5, 5.41) is 0.180. The Hall–Kier alpha value is -0.360.